The number of carboxylic acids is 1. The van der Waals surface area contributed by atoms with Crippen molar-refractivity contribution < 1.29 is 19.5 Å². The van der Waals surface area contributed by atoms with Gasteiger partial charge in [0.2, 0.25) is 11.8 Å². The highest BCUT2D eigenvalue weighted by atomic mass is 16.4. The summed E-state index contributed by atoms with van der Waals surface area (Å²) in [5.74, 6) is -2.37. The van der Waals surface area contributed by atoms with Gasteiger partial charge in [0.25, 0.3) is 0 Å². The standard InChI is InChI=1S/C13H25N3O4/c1-8(4-3-5-9(2)14)12(18)16-10(13(19)20)6-7-11(15)17/h8-10H,3-7,14H2,1-2H3,(H2,15,17)(H,16,18)(H,19,20). The Morgan fingerprint density at radius 1 is 1.15 bits per heavy atom. The third-order valence-electron chi connectivity index (χ3n) is 3.04. The molecule has 20 heavy (non-hydrogen) atoms. The highest BCUT2D eigenvalue weighted by molar-refractivity contribution is 5.85. The van der Waals surface area contributed by atoms with E-state index in [1.54, 1.807) is 6.92 Å². The van der Waals surface area contributed by atoms with E-state index in [2.05, 4.69) is 5.32 Å². The lowest BCUT2D eigenvalue weighted by molar-refractivity contribution is -0.142. The summed E-state index contributed by atoms with van der Waals surface area (Å²) in [6.07, 6.45) is 2.21. The Balaban J connectivity index is 4.23. The molecule has 2 amide bonds. The van der Waals surface area contributed by atoms with Crippen molar-refractivity contribution in [3.63, 3.8) is 0 Å². The van der Waals surface area contributed by atoms with Crippen molar-refractivity contribution in [3.8, 4) is 0 Å². The maximum absolute atomic E-state index is 11.9. The highest BCUT2D eigenvalue weighted by Crippen LogP contribution is 2.10. The molecule has 0 aliphatic rings. The zero-order valence-electron chi connectivity index (χ0n) is 12.1. The quantitative estimate of drug-likeness (QED) is 0.447. The van der Waals surface area contributed by atoms with Crippen LogP contribution in [-0.4, -0.2) is 35.0 Å². The molecule has 116 valence electrons. The Kier molecular flexibility index (Phi) is 8.54. The van der Waals surface area contributed by atoms with Gasteiger partial charge in [-0.15, -0.1) is 0 Å². The van der Waals surface area contributed by atoms with E-state index in [9.17, 15) is 14.4 Å². The van der Waals surface area contributed by atoms with E-state index in [1.165, 1.54) is 0 Å². The van der Waals surface area contributed by atoms with Crippen molar-refractivity contribution in [3.05, 3.63) is 0 Å². The van der Waals surface area contributed by atoms with Crippen LogP contribution in [0.1, 0.15) is 46.0 Å². The van der Waals surface area contributed by atoms with Crippen LogP contribution in [0.3, 0.4) is 0 Å². The van der Waals surface area contributed by atoms with Crippen molar-refractivity contribution in [1.29, 1.82) is 0 Å². The fourth-order valence-electron chi connectivity index (χ4n) is 1.74. The maximum Gasteiger partial charge on any atom is 0.326 e. The van der Waals surface area contributed by atoms with E-state index < -0.39 is 17.9 Å². The lowest BCUT2D eigenvalue weighted by atomic mass is 10.0. The number of carbonyl (C=O) groups is 3. The normalized spacial score (nSPS) is 15.2. The summed E-state index contributed by atoms with van der Waals surface area (Å²) < 4.78 is 0. The van der Waals surface area contributed by atoms with Gasteiger partial charge in [0.15, 0.2) is 0 Å². The lowest BCUT2D eigenvalue weighted by Crippen LogP contribution is -2.43. The Hall–Kier alpha value is -1.63. The van der Waals surface area contributed by atoms with Crippen molar-refractivity contribution in [2.75, 3.05) is 0 Å². The second-order valence-corrected chi connectivity index (χ2v) is 5.21. The van der Waals surface area contributed by atoms with Gasteiger partial charge in [0.05, 0.1) is 0 Å². The zero-order valence-corrected chi connectivity index (χ0v) is 12.1. The van der Waals surface area contributed by atoms with Crippen LogP contribution in [0, 0.1) is 5.92 Å². The summed E-state index contributed by atoms with van der Waals surface area (Å²) in [6, 6.07) is -0.988. The molecule has 6 N–H and O–H groups in total. The van der Waals surface area contributed by atoms with Gasteiger partial charge < -0.3 is 21.9 Å². The molecule has 0 aliphatic carbocycles. The Morgan fingerprint density at radius 2 is 1.75 bits per heavy atom. The summed E-state index contributed by atoms with van der Waals surface area (Å²) >= 11 is 0. The minimum atomic E-state index is -1.16. The van der Waals surface area contributed by atoms with Crippen molar-refractivity contribution >= 4 is 17.8 Å². The third kappa shape index (κ3) is 8.47. The van der Waals surface area contributed by atoms with Crippen molar-refractivity contribution in [2.45, 2.75) is 58.0 Å². The van der Waals surface area contributed by atoms with Crippen LogP contribution >= 0.6 is 0 Å². The molecule has 0 bridgehead atoms. The van der Waals surface area contributed by atoms with E-state index in [4.69, 9.17) is 16.6 Å². The average molecular weight is 287 g/mol. The first-order valence-electron chi connectivity index (χ1n) is 6.81. The van der Waals surface area contributed by atoms with Gasteiger partial charge in [-0.25, -0.2) is 4.79 Å². The number of hydrogen-bond donors (Lipinski definition) is 4. The van der Waals surface area contributed by atoms with Crippen LogP contribution in [0.4, 0.5) is 0 Å². The number of aliphatic carboxylic acids is 1. The number of rotatable bonds is 10. The number of carboxylic acid groups (broad SMARTS) is 1. The largest absolute Gasteiger partial charge is 0.480 e. The molecule has 0 aromatic rings. The van der Waals surface area contributed by atoms with Gasteiger partial charge in [0, 0.05) is 18.4 Å². The molecule has 7 heteroatoms. The van der Waals surface area contributed by atoms with Crippen LogP contribution in [0.5, 0.6) is 0 Å². The zero-order chi connectivity index (χ0) is 15.7. The van der Waals surface area contributed by atoms with Gasteiger partial charge in [-0.1, -0.05) is 13.3 Å². The number of nitrogens with one attached hydrogen (secondary N) is 1. The Morgan fingerprint density at radius 3 is 2.20 bits per heavy atom. The van der Waals surface area contributed by atoms with Crippen molar-refractivity contribution in [2.24, 2.45) is 17.4 Å². The molecule has 0 radical (unpaired) electrons. The predicted octanol–water partition coefficient (Wildman–Crippen LogP) is -0.0251. The second kappa shape index (κ2) is 9.30. The van der Waals surface area contributed by atoms with Crippen LogP contribution in [0.25, 0.3) is 0 Å². The average Bonchev–Trinajstić information content (AvgIpc) is 2.32. The SMILES string of the molecule is CC(N)CCCC(C)C(=O)NC(CCC(N)=O)C(=O)O. The third-order valence-corrected chi connectivity index (χ3v) is 3.04. The minimum Gasteiger partial charge on any atom is -0.480 e. The first kappa shape index (κ1) is 18.4. The van der Waals surface area contributed by atoms with Gasteiger partial charge in [-0.2, -0.15) is 0 Å². The Labute approximate surface area is 119 Å². The molecule has 0 rings (SSSR count). The smallest absolute Gasteiger partial charge is 0.326 e. The van der Waals surface area contributed by atoms with E-state index in [0.717, 1.165) is 12.8 Å². The summed E-state index contributed by atoms with van der Waals surface area (Å²) in [4.78, 5) is 33.5. The monoisotopic (exact) mass is 287 g/mol. The summed E-state index contributed by atoms with van der Waals surface area (Å²) in [7, 11) is 0. The summed E-state index contributed by atoms with van der Waals surface area (Å²) in [5, 5.41) is 11.4. The fraction of sp³-hybridized carbons (Fsp3) is 0.769. The number of amides is 2. The molecule has 0 aromatic heterocycles. The van der Waals surface area contributed by atoms with Gasteiger partial charge in [-0.05, 0) is 26.2 Å². The molecular formula is C13H25N3O4. The van der Waals surface area contributed by atoms with Gasteiger partial charge >= 0.3 is 5.97 Å². The number of primary amides is 1. The molecular weight excluding hydrogens is 262 g/mol. The van der Waals surface area contributed by atoms with Gasteiger partial charge in [-0.3, -0.25) is 9.59 Å². The molecule has 0 aliphatic heterocycles. The lowest BCUT2D eigenvalue weighted by Gasteiger charge is -2.17. The first-order chi connectivity index (χ1) is 9.23. The van der Waals surface area contributed by atoms with Crippen LogP contribution < -0.4 is 16.8 Å². The molecule has 0 saturated carbocycles. The van der Waals surface area contributed by atoms with E-state index >= 15 is 0 Å². The number of hydrogen-bond acceptors (Lipinski definition) is 4. The maximum atomic E-state index is 11.9. The molecule has 7 nitrogen and oxygen atoms in total. The minimum absolute atomic E-state index is 0.00294. The topological polar surface area (TPSA) is 136 Å². The molecule has 3 unspecified atom stereocenters. The van der Waals surface area contributed by atoms with Crippen LogP contribution in [0.15, 0.2) is 0 Å². The molecule has 0 fully saturated rings. The van der Waals surface area contributed by atoms with E-state index in [1.807, 2.05) is 6.92 Å². The summed E-state index contributed by atoms with van der Waals surface area (Å²) in [5.41, 5.74) is 10.6. The predicted molar refractivity (Wildman–Crippen MR) is 74.7 cm³/mol. The van der Waals surface area contributed by atoms with Crippen molar-refractivity contribution in [1.82, 2.24) is 5.32 Å². The molecule has 3 atom stereocenters. The van der Waals surface area contributed by atoms with Crippen LogP contribution in [-0.2, 0) is 14.4 Å². The van der Waals surface area contributed by atoms with E-state index in [0.29, 0.717) is 6.42 Å². The Bertz CT molecular complexity index is 345. The summed E-state index contributed by atoms with van der Waals surface area (Å²) in [6.45, 7) is 3.64. The highest BCUT2D eigenvalue weighted by Gasteiger charge is 2.23. The fourth-order valence-corrected chi connectivity index (χ4v) is 1.74. The number of carbonyl (C=O) groups excluding carboxylic acids is 2. The molecule has 0 heterocycles. The first-order valence-corrected chi connectivity index (χ1v) is 6.81. The molecule has 0 aromatic carbocycles. The second-order valence-electron chi connectivity index (χ2n) is 5.21. The van der Waals surface area contributed by atoms with E-state index in [-0.39, 0.29) is 30.7 Å². The molecule has 0 saturated heterocycles. The van der Waals surface area contributed by atoms with Gasteiger partial charge in [0.1, 0.15) is 6.04 Å². The van der Waals surface area contributed by atoms with Crippen LogP contribution in [0.2, 0.25) is 0 Å². The molecule has 0 spiro atoms. The number of nitrogens with two attached hydrogens (primary N) is 2.